The van der Waals surface area contributed by atoms with Crippen LogP contribution in [-0.4, -0.2) is 15.1 Å². The van der Waals surface area contributed by atoms with E-state index >= 15 is 0 Å². The number of halogens is 1. The van der Waals surface area contributed by atoms with Gasteiger partial charge in [-0.3, -0.25) is 0 Å². The second-order valence-electron chi connectivity index (χ2n) is 3.78. The van der Waals surface area contributed by atoms with Crippen LogP contribution in [0.4, 0.5) is 5.82 Å². The minimum Gasteiger partial charge on any atom is -0.366 e. The van der Waals surface area contributed by atoms with Crippen molar-refractivity contribution >= 4 is 17.4 Å². The number of rotatable bonds is 3. The monoisotopic (exact) mass is 252 g/mol. The first kappa shape index (κ1) is 11.9. The number of anilines is 1. The highest BCUT2D eigenvalue weighted by molar-refractivity contribution is 6.29. The lowest BCUT2D eigenvalue weighted by Crippen LogP contribution is -2.04. The summed E-state index contributed by atoms with van der Waals surface area (Å²) in [5, 5.41) is 7.49. The molecule has 1 N–H and O–H groups in total. The van der Waals surface area contributed by atoms with Crippen LogP contribution in [0.2, 0.25) is 5.15 Å². The van der Waals surface area contributed by atoms with Gasteiger partial charge in [0, 0.05) is 18.2 Å². The zero-order valence-electron chi connectivity index (χ0n) is 9.91. The summed E-state index contributed by atoms with van der Waals surface area (Å²) >= 11 is 5.85. The Labute approximate surface area is 104 Å². The van der Waals surface area contributed by atoms with Crippen LogP contribution in [0, 0.1) is 20.8 Å². The van der Waals surface area contributed by atoms with E-state index in [2.05, 4.69) is 20.4 Å². The van der Waals surface area contributed by atoms with E-state index in [0.29, 0.717) is 23.3 Å². The van der Waals surface area contributed by atoms with Crippen LogP contribution >= 0.6 is 11.6 Å². The lowest BCUT2D eigenvalue weighted by molar-refractivity contribution is 0.392. The number of hydrogen-bond acceptors (Lipinski definition) is 5. The van der Waals surface area contributed by atoms with E-state index in [4.69, 9.17) is 16.1 Å². The Balaban J connectivity index is 2.12. The van der Waals surface area contributed by atoms with Crippen molar-refractivity contribution in [1.29, 1.82) is 0 Å². The maximum absolute atomic E-state index is 5.85. The SMILES string of the molecule is Cc1nc(Cl)cc(NCc2c(C)noc2C)n1. The van der Waals surface area contributed by atoms with Gasteiger partial charge in [0.15, 0.2) is 0 Å². The minimum absolute atomic E-state index is 0.429. The third-order valence-corrected chi connectivity index (χ3v) is 2.63. The molecule has 0 aliphatic rings. The molecule has 0 spiro atoms. The lowest BCUT2D eigenvalue weighted by atomic mass is 10.2. The van der Waals surface area contributed by atoms with E-state index in [1.165, 1.54) is 0 Å². The molecule has 17 heavy (non-hydrogen) atoms. The highest BCUT2D eigenvalue weighted by atomic mass is 35.5. The van der Waals surface area contributed by atoms with Gasteiger partial charge in [-0.15, -0.1) is 0 Å². The fourth-order valence-corrected chi connectivity index (χ4v) is 1.78. The van der Waals surface area contributed by atoms with E-state index in [9.17, 15) is 0 Å². The largest absolute Gasteiger partial charge is 0.366 e. The third kappa shape index (κ3) is 2.74. The Morgan fingerprint density at radius 3 is 2.65 bits per heavy atom. The summed E-state index contributed by atoms with van der Waals surface area (Å²) in [6.45, 7) is 6.20. The molecule has 0 aliphatic carbocycles. The summed E-state index contributed by atoms with van der Waals surface area (Å²) in [6.07, 6.45) is 0. The molecule has 0 fully saturated rings. The van der Waals surface area contributed by atoms with Crippen molar-refractivity contribution in [3.8, 4) is 0 Å². The van der Waals surface area contributed by atoms with Crippen molar-refractivity contribution in [2.24, 2.45) is 0 Å². The first-order chi connectivity index (χ1) is 8.06. The Kier molecular flexibility index (Phi) is 3.28. The molecule has 90 valence electrons. The molecule has 2 aromatic heterocycles. The van der Waals surface area contributed by atoms with Crippen LogP contribution in [0.5, 0.6) is 0 Å². The molecule has 0 amide bonds. The average Bonchev–Trinajstić information content (AvgIpc) is 2.55. The summed E-state index contributed by atoms with van der Waals surface area (Å²) in [6, 6.07) is 1.69. The van der Waals surface area contributed by atoms with E-state index in [-0.39, 0.29) is 0 Å². The fourth-order valence-electron chi connectivity index (χ4n) is 1.56. The molecule has 6 heteroatoms. The number of aromatic nitrogens is 3. The minimum atomic E-state index is 0.429. The summed E-state index contributed by atoms with van der Waals surface area (Å²) in [5.41, 5.74) is 1.92. The maximum atomic E-state index is 5.85. The van der Waals surface area contributed by atoms with Crippen molar-refractivity contribution in [2.75, 3.05) is 5.32 Å². The van der Waals surface area contributed by atoms with Crippen LogP contribution < -0.4 is 5.32 Å². The number of nitrogens with one attached hydrogen (secondary N) is 1. The van der Waals surface area contributed by atoms with Crippen LogP contribution in [0.15, 0.2) is 10.6 Å². The molecule has 0 atom stereocenters. The topological polar surface area (TPSA) is 63.8 Å². The van der Waals surface area contributed by atoms with Crippen molar-refractivity contribution in [1.82, 2.24) is 15.1 Å². The zero-order chi connectivity index (χ0) is 12.4. The molecule has 0 unspecified atom stereocenters. The molecule has 0 aromatic carbocycles. The normalized spacial score (nSPS) is 10.6. The van der Waals surface area contributed by atoms with E-state index in [1.807, 2.05) is 13.8 Å². The van der Waals surface area contributed by atoms with Crippen LogP contribution in [0.1, 0.15) is 22.8 Å². The highest BCUT2D eigenvalue weighted by Crippen LogP contribution is 2.16. The Hall–Kier alpha value is -1.62. The first-order valence-electron chi connectivity index (χ1n) is 5.23. The predicted octanol–water partition coefficient (Wildman–Crippen LogP) is 2.66. The molecule has 0 aliphatic heterocycles. The van der Waals surface area contributed by atoms with Gasteiger partial charge < -0.3 is 9.84 Å². The van der Waals surface area contributed by atoms with Crippen LogP contribution in [-0.2, 0) is 6.54 Å². The van der Waals surface area contributed by atoms with Crippen molar-refractivity contribution in [3.63, 3.8) is 0 Å². The van der Waals surface area contributed by atoms with Gasteiger partial charge in [0.2, 0.25) is 0 Å². The van der Waals surface area contributed by atoms with Gasteiger partial charge in [0.1, 0.15) is 22.6 Å². The molecular formula is C11H13ClN4O. The number of aryl methyl sites for hydroxylation is 3. The summed E-state index contributed by atoms with van der Waals surface area (Å²) in [5.74, 6) is 2.15. The van der Waals surface area contributed by atoms with Gasteiger partial charge in [-0.25, -0.2) is 9.97 Å². The molecule has 2 heterocycles. The van der Waals surface area contributed by atoms with Crippen molar-refractivity contribution in [2.45, 2.75) is 27.3 Å². The summed E-state index contributed by atoms with van der Waals surface area (Å²) < 4.78 is 5.08. The van der Waals surface area contributed by atoms with Gasteiger partial charge in [-0.1, -0.05) is 16.8 Å². The Morgan fingerprint density at radius 1 is 1.29 bits per heavy atom. The first-order valence-corrected chi connectivity index (χ1v) is 5.61. The molecule has 0 saturated carbocycles. The Bertz CT molecular complexity index is 499. The van der Waals surface area contributed by atoms with Crippen LogP contribution in [0.3, 0.4) is 0 Å². The van der Waals surface area contributed by atoms with Gasteiger partial charge in [-0.05, 0) is 20.8 Å². The van der Waals surface area contributed by atoms with E-state index < -0.39 is 0 Å². The second-order valence-corrected chi connectivity index (χ2v) is 4.17. The third-order valence-electron chi connectivity index (χ3n) is 2.43. The Morgan fingerprint density at radius 2 is 2.06 bits per heavy atom. The van der Waals surface area contributed by atoms with Gasteiger partial charge in [0.05, 0.1) is 5.69 Å². The summed E-state index contributed by atoms with van der Waals surface area (Å²) in [4.78, 5) is 8.23. The molecule has 2 rings (SSSR count). The molecule has 0 saturated heterocycles. The van der Waals surface area contributed by atoms with E-state index in [1.54, 1.807) is 13.0 Å². The van der Waals surface area contributed by atoms with Gasteiger partial charge in [-0.2, -0.15) is 0 Å². The fraction of sp³-hybridized carbons (Fsp3) is 0.364. The van der Waals surface area contributed by atoms with E-state index in [0.717, 1.165) is 17.0 Å². The lowest BCUT2D eigenvalue weighted by Gasteiger charge is -2.06. The smallest absolute Gasteiger partial charge is 0.138 e. The number of nitrogens with zero attached hydrogens (tertiary/aromatic N) is 3. The van der Waals surface area contributed by atoms with Crippen LogP contribution in [0.25, 0.3) is 0 Å². The van der Waals surface area contributed by atoms with Crippen molar-refractivity contribution in [3.05, 3.63) is 34.1 Å². The standard InChI is InChI=1S/C11H13ClN4O/c1-6-9(7(2)17-16-6)5-13-11-4-10(12)14-8(3)15-11/h4H,5H2,1-3H3,(H,13,14,15). The quantitative estimate of drug-likeness (QED) is 0.851. The molecular weight excluding hydrogens is 240 g/mol. The van der Waals surface area contributed by atoms with Gasteiger partial charge in [0.25, 0.3) is 0 Å². The summed E-state index contributed by atoms with van der Waals surface area (Å²) in [7, 11) is 0. The molecule has 2 aromatic rings. The maximum Gasteiger partial charge on any atom is 0.138 e. The average molecular weight is 253 g/mol. The highest BCUT2D eigenvalue weighted by Gasteiger charge is 2.09. The van der Waals surface area contributed by atoms with Gasteiger partial charge >= 0.3 is 0 Å². The molecule has 0 bridgehead atoms. The zero-order valence-corrected chi connectivity index (χ0v) is 10.7. The number of hydrogen-bond donors (Lipinski definition) is 1. The second kappa shape index (κ2) is 4.71. The predicted molar refractivity (Wildman–Crippen MR) is 65.1 cm³/mol. The molecule has 5 nitrogen and oxygen atoms in total. The molecule has 0 radical (unpaired) electrons. The van der Waals surface area contributed by atoms with Crippen molar-refractivity contribution < 1.29 is 4.52 Å².